The van der Waals surface area contributed by atoms with Crippen LogP contribution < -0.4 is 0 Å². The number of allylic oxidation sites excluding steroid dienone is 1. The molecular weight excluding hydrogens is 184 g/mol. The average Bonchev–Trinajstić information content (AvgIpc) is 2.16. The van der Waals surface area contributed by atoms with E-state index >= 15 is 0 Å². The largest absolute Gasteiger partial charge is 0.396 e. The molecule has 1 heteroatoms. The molecule has 0 spiro atoms. The van der Waals surface area contributed by atoms with E-state index in [9.17, 15) is 5.11 Å². The Kier molecular flexibility index (Phi) is 2.70. The standard InChI is InChI=1S/C14H24O/c1-13(2)8-5-9-14(3)11(10-15)6-4-7-12(13)14/h4,6,11-12,15H,5,7-10H2,1-3H3/t11-,12?,14-/m1/s1. The zero-order valence-electron chi connectivity index (χ0n) is 10.3. The zero-order valence-corrected chi connectivity index (χ0v) is 10.3. The molecule has 1 fully saturated rings. The van der Waals surface area contributed by atoms with Gasteiger partial charge in [0.15, 0.2) is 0 Å². The normalized spacial score (nSPS) is 43.7. The molecule has 2 rings (SSSR count). The van der Waals surface area contributed by atoms with Crippen LogP contribution in [-0.2, 0) is 0 Å². The van der Waals surface area contributed by atoms with E-state index in [1.165, 1.54) is 25.7 Å². The highest BCUT2D eigenvalue weighted by Gasteiger charge is 2.50. The summed E-state index contributed by atoms with van der Waals surface area (Å²) in [7, 11) is 0. The zero-order chi connectivity index (χ0) is 11.1. The van der Waals surface area contributed by atoms with Crippen molar-refractivity contribution < 1.29 is 5.11 Å². The van der Waals surface area contributed by atoms with E-state index < -0.39 is 0 Å². The molecule has 86 valence electrons. The summed E-state index contributed by atoms with van der Waals surface area (Å²) in [5.41, 5.74) is 0.788. The van der Waals surface area contributed by atoms with Crippen molar-refractivity contribution in [2.75, 3.05) is 6.61 Å². The predicted molar refractivity (Wildman–Crippen MR) is 63.6 cm³/mol. The molecule has 0 radical (unpaired) electrons. The summed E-state index contributed by atoms with van der Waals surface area (Å²) in [6.45, 7) is 7.52. The third kappa shape index (κ3) is 1.65. The van der Waals surface area contributed by atoms with E-state index in [4.69, 9.17) is 0 Å². The summed E-state index contributed by atoms with van der Waals surface area (Å²) >= 11 is 0. The van der Waals surface area contributed by atoms with Crippen LogP contribution in [0.5, 0.6) is 0 Å². The second-order valence-electron chi connectivity index (χ2n) is 6.35. The maximum Gasteiger partial charge on any atom is 0.0499 e. The minimum Gasteiger partial charge on any atom is -0.396 e. The first-order valence-electron chi connectivity index (χ1n) is 6.28. The fourth-order valence-electron chi connectivity index (χ4n) is 4.07. The van der Waals surface area contributed by atoms with E-state index in [1.54, 1.807) is 0 Å². The van der Waals surface area contributed by atoms with Gasteiger partial charge in [-0.2, -0.15) is 0 Å². The van der Waals surface area contributed by atoms with Gasteiger partial charge in [-0.25, -0.2) is 0 Å². The number of fused-ring (bicyclic) bond motifs is 1. The third-order valence-electron chi connectivity index (χ3n) is 5.06. The maximum atomic E-state index is 9.51. The van der Waals surface area contributed by atoms with Crippen LogP contribution in [0.1, 0.15) is 46.5 Å². The Morgan fingerprint density at radius 1 is 1.27 bits per heavy atom. The lowest BCUT2D eigenvalue weighted by atomic mass is 9.50. The molecule has 1 saturated carbocycles. The molecule has 0 aromatic carbocycles. The Bertz CT molecular complexity index is 267. The van der Waals surface area contributed by atoms with Gasteiger partial charge < -0.3 is 5.11 Å². The summed E-state index contributed by atoms with van der Waals surface area (Å²) in [6, 6.07) is 0. The quantitative estimate of drug-likeness (QED) is 0.655. The molecule has 0 amide bonds. The molecule has 0 aromatic heterocycles. The van der Waals surface area contributed by atoms with Crippen LogP contribution in [0.4, 0.5) is 0 Å². The first kappa shape index (κ1) is 11.2. The van der Waals surface area contributed by atoms with Crippen LogP contribution in [0, 0.1) is 22.7 Å². The molecular formula is C14H24O. The van der Waals surface area contributed by atoms with Crippen molar-refractivity contribution >= 4 is 0 Å². The summed E-state index contributed by atoms with van der Waals surface area (Å²) < 4.78 is 0. The van der Waals surface area contributed by atoms with Crippen molar-refractivity contribution in [2.45, 2.75) is 46.5 Å². The molecule has 1 nitrogen and oxygen atoms in total. The van der Waals surface area contributed by atoms with Gasteiger partial charge >= 0.3 is 0 Å². The minimum atomic E-state index is 0.319. The van der Waals surface area contributed by atoms with Crippen LogP contribution >= 0.6 is 0 Å². The SMILES string of the molecule is CC1(C)CCC[C@@]2(C)C1CC=C[C@@H]2CO. The molecule has 2 aliphatic rings. The molecule has 1 N–H and O–H groups in total. The van der Waals surface area contributed by atoms with E-state index in [0.717, 1.165) is 5.92 Å². The van der Waals surface area contributed by atoms with E-state index in [1.807, 2.05) is 0 Å². The van der Waals surface area contributed by atoms with Crippen molar-refractivity contribution in [2.24, 2.45) is 22.7 Å². The first-order valence-corrected chi connectivity index (χ1v) is 6.28. The lowest BCUT2D eigenvalue weighted by Crippen LogP contribution is -2.48. The highest BCUT2D eigenvalue weighted by Crippen LogP contribution is 2.57. The monoisotopic (exact) mass is 208 g/mol. The third-order valence-corrected chi connectivity index (χ3v) is 5.06. The molecule has 15 heavy (non-hydrogen) atoms. The highest BCUT2D eigenvalue weighted by atomic mass is 16.3. The Balaban J connectivity index is 2.33. The molecule has 2 aliphatic carbocycles. The van der Waals surface area contributed by atoms with Gasteiger partial charge in [0.05, 0.1) is 0 Å². The fraction of sp³-hybridized carbons (Fsp3) is 0.857. The summed E-state index contributed by atoms with van der Waals surface area (Å²) in [5.74, 6) is 1.14. The molecule has 0 heterocycles. The maximum absolute atomic E-state index is 9.51. The van der Waals surface area contributed by atoms with Gasteiger partial charge in [0.1, 0.15) is 0 Å². The van der Waals surface area contributed by atoms with Crippen LogP contribution in [0.2, 0.25) is 0 Å². The Morgan fingerprint density at radius 2 is 2.00 bits per heavy atom. The van der Waals surface area contributed by atoms with Gasteiger partial charge in [0.2, 0.25) is 0 Å². The predicted octanol–water partition coefficient (Wildman–Crippen LogP) is 3.39. The van der Waals surface area contributed by atoms with Crippen molar-refractivity contribution in [1.29, 1.82) is 0 Å². The van der Waals surface area contributed by atoms with E-state index in [2.05, 4.69) is 32.9 Å². The fourth-order valence-corrected chi connectivity index (χ4v) is 4.07. The van der Waals surface area contributed by atoms with Crippen LogP contribution in [-0.4, -0.2) is 11.7 Å². The number of rotatable bonds is 1. The summed E-state index contributed by atoms with van der Waals surface area (Å²) in [5, 5.41) is 9.51. The molecule has 0 bridgehead atoms. The van der Waals surface area contributed by atoms with Gasteiger partial charge in [0.25, 0.3) is 0 Å². The van der Waals surface area contributed by atoms with Gasteiger partial charge in [-0.1, -0.05) is 39.3 Å². The smallest absolute Gasteiger partial charge is 0.0499 e. The first-order chi connectivity index (χ1) is 7.00. The van der Waals surface area contributed by atoms with Crippen LogP contribution in [0.15, 0.2) is 12.2 Å². The second kappa shape index (κ2) is 3.62. The van der Waals surface area contributed by atoms with Crippen molar-refractivity contribution in [1.82, 2.24) is 0 Å². The lowest BCUT2D eigenvalue weighted by molar-refractivity contribution is -0.0464. The van der Waals surface area contributed by atoms with E-state index in [0.29, 0.717) is 23.4 Å². The molecule has 0 saturated heterocycles. The van der Waals surface area contributed by atoms with Crippen molar-refractivity contribution in [3.63, 3.8) is 0 Å². The number of aliphatic hydroxyl groups excluding tert-OH is 1. The Labute approximate surface area is 93.6 Å². The van der Waals surface area contributed by atoms with Crippen molar-refractivity contribution in [3.8, 4) is 0 Å². The van der Waals surface area contributed by atoms with Gasteiger partial charge in [-0.3, -0.25) is 0 Å². The van der Waals surface area contributed by atoms with Crippen molar-refractivity contribution in [3.05, 3.63) is 12.2 Å². The lowest BCUT2D eigenvalue weighted by Gasteiger charge is -2.55. The molecule has 0 aromatic rings. The van der Waals surface area contributed by atoms with Crippen LogP contribution in [0.3, 0.4) is 0 Å². The number of hydrogen-bond acceptors (Lipinski definition) is 1. The molecule has 0 aliphatic heterocycles. The van der Waals surface area contributed by atoms with Crippen LogP contribution in [0.25, 0.3) is 0 Å². The molecule has 3 atom stereocenters. The topological polar surface area (TPSA) is 20.2 Å². The average molecular weight is 208 g/mol. The Morgan fingerprint density at radius 3 is 2.67 bits per heavy atom. The summed E-state index contributed by atoms with van der Waals surface area (Å²) in [4.78, 5) is 0. The molecule has 1 unspecified atom stereocenters. The number of aliphatic hydroxyl groups is 1. The minimum absolute atomic E-state index is 0.319. The summed E-state index contributed by atoms with van der Waals surface area (Å²) in [6.07, 6.45) is 9.71. The Hall–Kier alpha value is -0.300. The van der Waals surface area contributed by atoms with Gasteiger partial charge in [-0.15, -0.1) is 0 Å². The van der Waals surface area contributed by atoms with E-state index in [-0.39, 0.29) is 0 Å². The van der Waals surface area contributed by atoms with Gasteiger partial charge in [0, 0.05) is 12.5 Å². The number of hydrogen-bond donors (Lipinski definition) is 1. The second-order valence-corrected chi connectivity index (χ2v) is 6.35. The van der Waals surface area contributed by atoms with Gasteiger partial charge in [-0.05, 0) is 36.0 Å². The highest BCUT2D eigenvalue weighted by molar-refractivity contribution is 5.10.